The number of amides is 1. The molecule has 122 valence electrons. The van der Waals surface area contributed by atoms with Gasteiger partial charge in [0.15, 0.2) is 0 Å². The van der Waals surface area contributed by atoms with Gasteiger partial charge in [0, 0.05) is 31.2 Å². The molecule has 1 aromatic heterocycles. The monoisotopic (exact) mass is 330 g/mol. The molecular formula is C18H22N2O2S. The third-order valence-corrected chi connectivity index (χ3v) is 5.44. The first-order valence-corrected chi connectivity index (χ1v) is 8.79. The molecule has 0 atom stereocenters. The lowest BCUT2D eigenvalue weighted by atomic mass is 9.79. The normalized spacial score (nSPS) is 17.0. The quantitative estimate of drug-likeness (QED) is 0.856. The third-order valence-electron chi connectivity index (χ3n) is 4.52. The van der Waals surface area contributed by atoms with Gasteiger partial charge in [-0.05, 0) is 35.4 Å². The summed E-state index contributed by atoms with van der Waals surface area (Å²) in [6.45, 7) is 2.57. The van der Waals surface area contributed by atoms with Gasteiger partial charge in [0.25, 0.3) is 0 Å². The van der Waals surface area contributed by atoms with Crippen LogP contribution < -0.4 is 11.1 Å². The molecule has 2 aromatic rings. The fourth-order valence-corrected chi connectivity index (χ4v) is 3.68. The Bertz CT molecular complexity index is 632. The van der Waals surface area contributed by atoms with Gasteiger partial charge in [-0.2, -0.15) is 0 Å². The summed E-state index contributed by atoms with van der Waals surface area (Å²) < 4.78 is 5.35. The van der Waals surface area contributed by atoms with Crippen molar-refractivity contribution in [3.8, 4) is 10.4 Å². The summed E-state index contributed by atoms with van der Waals surface area (Å²) in [5, 5.41) is 5.48. The van der Waals surface area contributed by atoms with Crippen LogP contribution >= 0.6 is 11.3 Å². The first kappa shape index (κ1) is 16.2. The average Bonchev–Trinajstić information content (AvgIpc) is 3.11. The third kappa shape index (κ3) is 3.80. The van der Waals surface area contributed by atoms with E-state index in [4.69, 9.17) is 10.5 Å². The van der Waals surface area contributed by atoms with Crippen molar-refractivity contribution in [3.63, 3.8) is 0 Å². The number of ether oxygens (including phenoxy) is 1. The van der Waals surface area contributed by atoms with Crippen LogP contribution in [0.25, 0.3) is 10.4 Å². The van der Waals surface area contributed by atoms with Crippen molar-refractivity contribution in [1.29, 1.82) is 0 Å². The summed E-state index contributed by atoms with van der Waals surface area (Å²) in [5.41, 5.74) is 7.60. The summed E-state index contributed by atoms with van der Waals surface area (Å²) in [6.07, 6.45) is 1.40. The first-order chi connectivity index (χ1) is 11.2. The van der Waals surface area contributed by atoms with Crippen LogP contribution in [0.4, 0.5) is 0 Å². The van der Waals surface area contributed by atoms with Crippen molar-refractivity contribution in [2.45, 2.75) is 19.4 Å². The summed E-state index contributed by atoms with van der Waals surface area (Å²) in [5.74, 6) is -0.221. The Morgan fingerprint density at radius 2 is 1.96 bits per heavy atom. The van der Waals surface area contributed by atoms with Gasteiger partial charge >= 0.3 is 0 Å². The van der Waals surface area contributed by atoms with Crippen molar-refractivity contribution in [3.05, 3.63) is 47.3 Å². The highest BCUT2D eigenvalue weighted by Gasteiger charge is 2.37. The fourth-order valence-electron chi connectivity index (χ4n) is 2.95. The lowest BCUT2D eigenvalue weighted by Crippen LogP contribution is -2.48. The number of thiophene rings is 1. The summed E-state index contributed by atoms with van der Waals surface area (Å²) in [4.78, 5) is 13.1. The molecule has 1 aromatic carbocycles. The van der Waals surface area contributed by atoms with E-state index in [2.05, 4.69) is 47.1 Å². The molecule has 0 aliphatic carbocycles. The van der Waals surface area contributed by atoms with Gasteiger partial charge in [0.1, 0.15) is 0 Å². The predicted octanol–water partition coefficient (Wildman–Crippen LogP) is 2.79. The smallest absolute Gasteiger partial charge is 0.225 e. The lowest BCUT2D eigenvalue weighted by Gasteiger charge is -2.34. The minimum absolute atomic E-state index is 0.221. The van der Waals surface area contributed by atoms with E-state index >= 15 is 0 Å². The number of nitrogens with one attached hydrogen (secondary N) is 1. The van der Waals surface area contributed by atoms with Gasteiger partial charge in [0.2, 0.25) is 5.91 Å². The number of hydrogen-bond acceptors (Lipinski definition) is 4. The van der Waals surface area contributed by atoms with E-state index in [0.29, 0.717) is 32.6 Å². The van der Waals surface area contributed by atoms with Gasteiger partial charge in [0.05, 0.1) is 5.41 Å². The fraction of sp³-hybridized carbons (Fsp3) is 0.389. The molecule has 1 saturated heterocycles. The van der Waals surface area contributed by atoms with Gasteiger partial charge < -0.3 is 15.8 Å². The van der Waals surface area contributed by atoms with Crippen molar-refractivity contribution < 1.29 is 9.53 Å². The minimum atomic E-state index is -0.463. The molecule has 5 heteroatoms. The molecule has 2 heterocycles. The molecule has 1 aliphatic heterocycles. The van der Waals surface area contributed by atoms with E-state index < -0.39 is 5.41 Å². The Morgan fingerprint density at radius 3 is 2.57 bits per heavy atom. The molecule has 3 N–H and O–H groups in total. The van der Waals surface area contributed by atoms with Crippen LogP contribution in [0.2, 0.25) is 0 Å². The molecule has 4 nitrogen and oxygen atoms in total. The van der Waals surface area contributed by atoms with E-state index in [1.54, 1.807) is 11.3 Å². The topological polar surface area (TPSA) is 64.4 Å². The number of benzene rings is 1. The molecule has 1 aliphatic rings. The van der Waals surface area contributed by atoms with Crippen LogP contribution in [-0.4, -0.2) is 25.7 Å². The van der Waals surface area contributed by atoms with E-state index in [1.165, 1.54) is 16.0 Å². The largest absolute Gasteiger partial charge is 0.381 e. The molecule has 3 rings (SSSR count). The van der Waals surface area contributed by atoms with Gasteiger partial charge in [-0.15, -0.1) is 11.3 Å². The summed E-state index contributed by atoms with van der Waals surface area (Å²) in [6, 6.07) is 12.7. The van der Waals surface area contributed by atoms with E-state index in [1.807, 2.05) is 0 Å². The maximum absolute atomic E-state index is 11.8. The molecule has 0 unspecified atom stereocenters. The number of hydrogen-bond donors (Lipinski definition) is 2. The number of carbonyl (C=O) groups excluding carboxylic acids is 1. The second kappa shape index (κ2) is 7.25. The molecule has 0 radical (unpaired) electrons. The molecule has 23 heavy (non-hydrogen) atoms. The van der Waals surface area contributed by atoms with Crippen LogP contribution in [0.3, 0.4) is 0 Å². The van der Waals surface area contributed by atoms with Crippen LogP contribution in [0.5, 0.6) is 0 Å². The lowest BCUT2D eigenvalue weighted by molar-refractivity contribution is -0.132. The van der Waals surface area contributed by atoms with Crippen LogP contribution in [0.1, 0.15) is 18.4 Å². The molecule has 1 amide bonds. The van der Waals surface area contributed by atoms with Crippen molar-refractivity contribution in [1.82, 2.24) is 5.32 Å². The Balaban J connectivity index is 1.56. The Hall–Kier alpha value is -1.69. The number of carbonyl (C=O) groups is 1. The van der Waals surface area contributed by atoms with Crippen LogP contribution in [0.15, 0.2) is 41.8 Å². The van der Waals surface area contributed by atoms with E-state index in [0.717, 1.165) is 6.54 Å². The van der Waals surface area contributed by atoms with Gasteiger partial charge in [-0.1, -0.05) is 30.3 Å². The zero-order valence-corrected chi connectivity index (χ0v) is 13.9. The number of nitrogens with two attached hydrogens (primary N) is 1. The van der Waals surface area contributed by atoms with E-state index in [9.17, 15) is 4.79 Å². The maximum atomic E-state index is 11.8. The van der Waals surface area contributed by atoms with Crippen molar-refractivity contribution >= 4 is 17.2 Å². The molecule has 0 saturated carbocycles. The van der Waals surface area contributed by atoms with E-state index in [-0.39, 0.29) is 5.91 Å². The SMILES string of the molecule is NC(=O)C1(CNCc2ccc(-c3cccs3)cc2)CCOCC1. The summed E-state index contributed by atoms with van der Waals surface area (Å²) in [7, 11) is 0. The molecule has 0 spiro atoms. The highest BCUT2D eigenvalue weighted by Crippen LogP contribution is 2.29. The Labute approximate surface area is 140 Å². The second-order valence-electron chi connectivity index (χ2n) is 6.03. The predicted molar refractivity (Wildman–Crippen MR) is 93.1 cm³/mol. The van der Waals surface area contributed by atoms with Crippen LogP contribution in [-0.2, 0) is 16.1 Å². The highest BCUT2D eigenvalue weighted by atomic mass is 32.1. The Kier molecular flexibility index (Phi) is 5.10. The average molecular weight is 330 g/mol. The minimum Gasteiger partial charge on any atom is -0.381 e. The second-order valence-corrected chi connectivity index (χ2v) is 6.98. The van der Waals surface area contributed by atoms with Crippen molar-refractivity contribution in [2.24, 2.45) is 11.1 Å². The zero-order valence-electron chi connectivity index (χ0n) is 13.1. The standard InChI is InChI=1S/C18H22N2O2S/c19-17(21)18(7-9-22-10-8-18)13-20-12-14-3-5-15(6-4-14)16-2-1-11-23-16/h1-6,11,20H,7-10,12-13H2,(H2,19,21). The molecule has 1 fully saturated rings. The highest BCUT2D eigenvalue weighted by molar-refractivity contribution is 7.13. The Morgan fingerprint density at radius 1 is 1.22 bits per heavy atom. The number of primary amides is 1. The number of rotatable bonds is 6. The van der Waals surface area contributed by atoms with Gasteiger partial charge in [-0.3, -0.25) is 4.79 Å². The van der Waals surface area contributed by atoms with Crippen LogP contribution in [0, 0.1) is 5.41 Å². The maximum Gasteiger partial charge on any atom is 0.225 e. The zero-order chi connectivity index (χ0) is 16.1. The molecule has 0 bridgehead atoms. The summed E-state index contributed by atoms with van der Waals surface area (Å²) >= 11 is 1.74. The first-order valence-electron chi connectivity index (χ1n) is 7.91. The van der Waals surface area contributed by atoms with Gasteiger partial charge in [-0.25, -0.2) is 0 Å². The van der Waals surface area contributed by atoms with Crippen molar-refractivity contribution in [2.75, 3.05) is 19.8 Å². The molecular weight excluding hydrogens is 308 g/mol.